The predicted octanol–water partition coefficient (Wildman–Crippen LogP) is 3.26. The van der Waals surface area contributed by atoms with Gasteiger partial charge in [-0.25, -0.2) is 0 Å². The molecule has 1 fully saturated rings. The molecule has 2 atom stereocenters. The van der Waals surface area contributed by atoms with E-state index in [0.717, 1.165) is 19.3 Å². The van der Waals surface area contributed by atoms with Gasteiger partial charge in [-0.3, -0.25) is 9.59 Å². The third-order valence-electron chi connectivity index (χ3n) is 3.18. The minimum Gasteiger partial charge on any atom is -0.455 e. The molecule has 1 aliphatic carbocycles. The number of halogens is 1. The largest absolute Gasteiger partial charge is 0.455 e. The first-order valence-corrected chi connectivity index (χ1v) is 7.60. The number of Topliss-reactive ketones (excluding diaryl/α,β-unsaturated/α-hetero) is 1. The van der Waals surface area contributed by atoms with Crippen molar-refractivity contribution >= 4 is 34.3 Å². The highest BCUT2D eigenvalue weighted by Gasteiger charge is 2.35. The molecule has 1 aliphatic rings. The van der Waals surface area contributed by atoms with Crippen LogP contribution in [-0.2, 0) is 14.3 Å². The minimum absolute atomic E-state index is 0.0274. The van der Waals surface area contributed by atoms with E-state index < -0.39 is 0 Å². The number of hydrogen-bond acceptors (Lipinski definition) is 3. The lowest BCUT2D eigenvalue weighted by Crippen LogP contribution is -2.18. The molecule has 96 valence electrons. The van der Waals surface area contributed by atoms with E-state index in [1.54, 1.807) is 0 Å². The van der Waals surface area contributed by atoms with Crippen LogP contribution in [0, 0.1) is 11.8 Å². The molecule has 4 heteroatoms. The second-order valence-corrected chi connectivity index (χ2v) is 4.94. The fourth-order valence-corrected chi connectivity index (χ4v) is 2.64. The van der Waals surface area contributed by atoms with Crippen LogP contribution in [0.2, 0.25) is 0 Å². The summed E-state index contributed by atoms with van der Waals surface area (Å²) < 4.78 is 5.32. The van der Waals surface area contributed by atoms with Gasteiger partial charge in [-0.05, 0) is 47.8 Å². The average molecular weight is 350 g/mol. The number of hydrogen-bond donors (Lipinski definition) is 0. The Morgan fingerprint density at radius 2 is 2.29 bits per heavy atom. The van der Waals surface area contributed by atoms with Crippen LogP contribution in [-0.4, -0.2) is 16.4 Å². The first-order chi connectivity index (χ1) is 8.19. The van der Waals surface area contributed by atoms with Crippen molar-refractivity contribution in [1.82, 2.24) is 0 Å². The van der Waals surface area contributed by atoms with Gasteiger partial charge in [0.25, 0.3) is 0 Å². The van der Waals surface area contributed by atoms with Crippen LogP contribution < -0.4 is 0 Å². The molecule has 17 heavy (non-hydrogen) atoms. The number of carbonyl (C=O) groups is 2. The second-order valence-electron chi connectivity index (χ2n) is 4.32. The lowest BCUT2D eigenvalue weighted by atomic mass is 9.89. The molecular formula is C13H19IO3. The third kappa shape index (κ3) is 4.77. The number of alkyl halides is 1. The van der Waals surface area contributed by atoms with Crippen molar-refractivity contribution in [3.05, 3.63) is 12.2 Å². The van der Waals surface area contributed by atoms with Crippen LogP contribution in [0.5, 0.6) is 0 Å². The summed E-state index contributed by atoms with van der Waals surface area (Å²) in [5.41, 5.74) is 0. The molecule has 3 nitrogen and oxygen atoms in total. The van der Waals surface area contributed by atoms with Gasteiger partial charge in [0, 0.05) is 18.8 Å². The summed E-state index contributed by atoms with van der Waals surface area (Å²) >= 11 is 2.01. The number of esters is 1. The molecule has 0 N–H and O–H groups in total. The van der Waals surface area contributed by atoms with E-state index in [2.05, 4.69) is 19.1 Å². The Kier molecular flexibility index (Phi) is 6.77. The van der Waals surface area contributed by atoms with Crippen LogP contribution in [0.25, 0.3) is 0 Å². The van der Waals surface area contributed by atoms with Crippen molar-refractivity contribution in [1.29, 1.82) is 0 Å². The first-order valence-electron chi connectivity index (χ1n) is 6.08. The third-order valence-corrected chi connectivity index (χ3v) is 3.49. The van der Waals surface area contributed by atoms with Crippen LogP contribution in [0.4, 0.5) is 0 Å². The highest BCUT2D eigenvalue weighted by atomic mass is 127. The van der Waals surface area contributed by atoms with E-state index in [0.29, 0.717) is 23.2 Å². The molecule has 1 rings (SSSR count). The van der Waals surface area contributed by atoms with Gasteiger partial charge in [0.05, 0.1) is 0 Å². The quantitative estimate of drug-likeness (QED) is 0.320. The molecule has 0 aromatic carbocycles. The SMILES string of the molecule is CC/C=C\C[C@H]1C(=O)CC[C@@H]1CC(=O)OCI. The van der Waals surface area contributed by atoms with E-state index in [-0.39, 0.29) is 17.8 Å². The zero-order valence-corrected chi connectivity index (χ0v) is 12.3. The van der Waals surface area contributed by atoms with E-state index >= 15 is 0 Å². The van der Waals surface area contributed by atoms with E-state index in [1.165, 1.54) is 0 Å². The smallest absolute Gasteiger partial charge is 0.306 e. The monoisotopic (exact) mass is 350 g/mol. The van der Waals surface area contributed by atoms with E-state index in [4.69, 9.17) is 4.74 Å². The van der Waals surface area contributed by atoms with Crippen molar-refractivity contribution in [2.45, 2.75) is 39.0 Å². The normalized spacial score (nSPS) is 24.5. The van der Waals surface area contributed by atoms with Crippen LogP contribution >= 0.6 is 22.6 Å². The molecular weight excluding hydrogens is 331 g/mol. The van der Waals surface area contributed by atoms with E-state index in [1.807, 2.05) is 22.6 Å². The van der Waals surface area contributed by atoms with Crippen molar-refractivity contribution in [3.63, 3.8) is 0 Å². The fourth-order valence-electron chi connectivity index (χ4n) is 2.29. The van der Waals surface area contributed by atoms with Gasteiger partial charge in [-0.1, -0.05) is 19.1 Å². The van der Waals surface area contributed by atoms with Crippen molar-refractivity contribution in [3.8, 4) is 0 Å². The summed E-state index contributed by atoms with van der Waals surface area (Å²) in [5, 5.41) is 0. The van der Waals surface area contributed by atoms with Gasteiger partial charge in [0.15, 0.2) is 0 Å². The molecule has 1 saturated carbocycles. The molecule has 0 aromatic rings. The Hall–Kier alpha value is -0.390. The van der Waals surface area contributed by atoms with Gasteiger partial charge in [0.1, 0.15) is 10.4 Å². The fraction of sp³-hybridized carbons (Fsp3) is 0.692. The molecule has 0 aromatic heterocycles. The molecule has 0 bridgehead atoms. The summed E-state index contributed by atoms with van der Waals surface area (Å²) in [4.78, 5) is 23.2. The molecule has 0 unspecified atom stereocenters. The molecule has 0 heterocycles. The van der Waals surface area contributed by atoms with Crippen molar-refractivity contribution in [2.24, 2.45) is 11.8 Å². The zero-order chi connectivity index (χ0) is 12.7. The average Bonchev–Trinajstić information content (AvgIpc) is 2.62. The lowest BCUT2D eigenvalue weighted by Gasteiger charge is -2.15. The molecule has 0 amide bonds. The van der Waals surface area contributed by atoms with Crippen LogP contribution in [0.3, 0.4) is 0 Å². The topological polar surface area (TPSA) is 43.4 Å². The maximum absolute atomic E-state index is 11.7. The number of rotatable bonds is 6. The lowest BCUT2D eigenvalue weighted by molar-refractivity contribution is -0.142. The van der Waals surface area contributed by atoms with Gasteiger partial charge in [-0.2, -0.15) is 0 Å². The number of ketones is 1. The summed E-state index contributed by atoms with van der Waals surface area (Å²) in [6, 6.07) is 0. The number of allylic oxidation sites excluding steroid dienone is 2. The van der Waals surface area contributed by atoms with Gasteiger partial charge in [0.2, 0.25) is 0 Å². The summed E-state index contributed by atoms with van der Waals surface area (Å²) in [5.74, 6) is 0.334. The molecule has 0 radical (unpaired) electrons. The van der Waals surface area contributed by atoms with Gasteiger partial charge < -0.3 is 4.74 Å². The second kappa shape index (κ2) is 7.84. The Morgan fingerprint density at radius 3 is 2.94 bits per heavy atom. The zero-order valence-electron chi connectivity index (χ0n) is 10.2. The van der Waals surface area contributed by atoms with Gasteiger partial charge >= 0.3 is 5.97 Å². The van der Waals surface area contributed by atoms with Crippen LogP contribution in [0.15, 0.2) is 12.2 Å². The maximum Gasteiger partial charge on any atom is 0.306 e. The first kappa shape index (κ1) is 14.7. The highest BCUT2D eigenvalue weighted by molar-refractivity contribution is 14.1. The highest BCUT2D eigenvalue weighted by Crippen LogP contribution is 2.34. The molecule has 0 spiro atoms. The Labute approximate surface area is 116 Å². The maximum atomic E-state index is 11.7. The molecule has 0 aliphatic heterocycles. The molecule has 0 saturated heterocycles. The Morgan fingerprint density at radius 1 is 1.53 bits per heavy atom. The van der Waals surface area contributed by atoms with Crippen LogP contribution in [0.1, 0.15) is 39.0 Å². The number of carbonyl (C=O) groups excluding carboxylic acids is 2. The van der Waals surface area contributed by atoms with E-state index in [9.17, 15) is 9.59 Å². The Bertz CT molecular complexity index is 299. The van der Waals surface area contributed by atoms with Crippen molar-refractivity contribution in [2.75, 3.05) is 4.61 Å². The number of ether oxygens (including phenoxy) is 1. The minimum atomic E-state index is -0.177. The summed E-state index contributed by atoms with van der Waals surface area (Å²) in [6.45, 7) is 2.07. The predicted molar refractivity (Wildman–Crippen MR) is 74.9 cm³/mol. The van der Waals surface area contributed by atoms with Gasteiger partial charge in [-0.15, -0.1) is 0 Å². The summed E-state index contributed by atoms with van der Waals surface area (Å²) in [6.07, 6.45) is 7.74. The Balaban J connectivity index is 2.49. The van der Waals surface area contributed by atoms with Crippen molar-refractivity contribution < 1.29 is 14.3 Å². The summed E-state index contributed by atoms with van der Waals surface area (Å²) in [7, 11) is 0. The standard InChI is InChI=1S/C13H19IO3/c1-2-3-4-5-11-10(6-7-12(11)15)8-13(16)17-9-14/h3-4,10-11H,2,5-9H2,1H3/b4-3-/t10-,11-/m1/s1.